The Morgan fingerprint density at radius 3 is 2.70 bits per heavy atom. The number of likely N-dealkylation sites (tertiary alicyclic amines) is 1. The van der Waals surface area contributed by atoms with Gasteiger partial charge in [0.1, 0.15) is 0 Å². The van der Waals surface area contributed by atoms with Crippen molar-refractivity contribution in [3.05, 3.63) is 48.5 Å². The summed E-state index contributed by atoms with van der Waals surface area (Å²) in [5.74, 6) is 0.169. The second-order valence-corrected chi connectivity index (χ2v) is 5.10. The highest BCUT2D eigenvalue weighted by Gasteiger charge is 2.23. The average molecular weight is 270 g/mol. The van der Waals surface area contributed by atoms with Gasteiger partial charge in [-0.1, -0.05) is 6.07 Å². The van der Waals surface area contributed by atoms with Gasteiger partial charge in [-0.3, -0.25) is 14.5 Å². The molecule has 1 aliphatic heterocycles. The Balaban J connectivity index is 1.54. The van der Waals surface area contributed by atoms with E-state index in [-0.39, 0.29) is 5.91 Å². The molecular weight excluding hydrogens is 252 g/mol. The number of carbonyl (C=O) groups is 1. The number of carbonyl (C=O) groups excluding carboxylic acids is 1. The third-order valence-corrected chi connectivity index (χ3v) is 3.77. The number of aromatic nitrogens is 3. The molecule has 0 N–H and O–H groups in total. The molecule has 1 aliphatic rings. The summed E-state index contributed by atoms with van der Waals surface area (Å²) in [6.45, 7) is 1.60. The van der Waals surface area contributed by atoms with Crippen LogP contribution in [0.4, 0.5) is 0 Å². The van der Waals surface area contributed by atoms with E-state index in [1.165, 1.54) is 0 Å². The Kier molecular flexibility index (Phi) is 3.76. The zero-order valence-electron chi connectivity index (χ0n) is 11.4. The van der Waals surface area contributed by atoms with E-state index in [9.17, 15) is 4.79 Å². The minimum absolute atomic E-state index is 0.169. The molecule has 20 heavy (non-hydrogen) atoms. The van der Waals surface area contributed by atoms with Crippen LogP contribution in [-0.2, 0) is 11.2 Å². The van der Waals surface area contributed by atoms with Crippen molar-refractivity contribution in [3.63, 3.8) is 0 Å². The first-order valence-corrected chi connectivity index (χ1v) is 7.00. The highest BCUT2D eigenvalue weighted by molar-refractivity contribution is 5.78. The quantitative estimate of drug-likeness (QED) is 0.852. The summed E-state index contributed by atoms with van der Waals surface area (Å²) in [5.41, 5.74) is 0.840. The smallest absolute Gasteiger partial charge is 0.228 e. The number of nitrogens with zero attached hydrogens (tertiary/aromatic N) is 4. The van der Waals surface area contributed by atoms with Gasteiger partial charge in [-0.25, -0.2) is 0 Å². The summed E-state index contributed by atoms with van der Waals surface area (Å²) in [5, 5.41) is 4.28. The number of rotatable bonds is 3. The van der Waals surface area contributed by atoms with E-state index in [0.29, 0.717) is 12.5 Å². The molecule has 3 heterocycles. The summed E-state index contributed by atoms with van der Waals surface area (Å²) in [6, 6.07) is 8.04. The van der Waals surface area contributed by atoms with E-state index < -0.39 is 0 Å². The lowest BCUT2D eigenvalue weighted by Crippen LogP contribution is -2.40. The van der Waals surface area contributed by atoms with E-state index in [1.807, 2.05) is 40.0 Å². The van der Waals surface area contributed by atoms with Gasteiger partial charge >= 0.3 is 0 Å². The summed E-state index contributed by atoms with van der Waals surface area (Å²) in [7, 11) is 0. The summed E-state index contributed by atoms with van der Waals surface area (Å²) >= 11 is 0. The summed E-state index contributed by atoms with van der Waals surface area (Å²) in [6.07, 6.45) is 7.86. The maximum Gasteiger partial charge on any atom is 0.228 e. The second-order valence-electron chi connectivity index (χ2n) is 5.10. The molecule has 0 radical (unpaired) electrons. The standard InChI is InChI=1S/C15H18N4O/c20-15(12-13-4-1-2-7-16-13)18-10-5-14(6-11-18)19-9-3-8-17-19/h1-4,7-9,14H,5-6,10-12H2. The number of hydrogen-bond donors (Lipinski definition) is 0. The SMILES string of the molecule is O=C(Cc1ccccn1)N1CCC(n2cccn2)CC1. The highest BCUT2D eigenvalue weighted by Crippen LogP contribution is 2.21. The van der Waals surface area contributed by atoms with Crippen molar-refractivity contribution in [3.8, 4) is 0 Å². The van der Waals surface area contributed by atoms with Crippen LogP contribution >= 0.6 is 0 Å². The molecule has 0 saturated carbocycles. The maximum atomic E-state index is 12.2. The second kappa shape index (κ2) is 5.86. The third kappa shape index (κ3) is 2.87. The molecule has 1 saturated heterocycles. The van der Waals surface area contributed by atoms with Crippen LogP contribution in [0.15, 0.2) is 42.9 Å². The molecule has 1 amide bonds. The lowest BCUT2D eigenvalue weighted by Gasteiger charge is -2.32. The average Bonchev–Trinajstić information content (AvgIpc) is 3.03. The molecule has 0 aliphatic carbocycles. The molecule has 1 fully saturated rings. The zero-order valence-corrected chi connectivity index (χ0v) is 11.4. The molecule has 0 spiro atoms. The van der Waals surface area contributed by atoms with E-state index in [4.69, 9.17) is 0 Å². The fourth-order valence-electron chi connectivity index (χ4n) is 2.65. The van der Waals surface area contributed by atoms with Crippen LogP contribution < -0.4 is 0 Å². The Hall–Kier alpha value is -2.17. The van der Waals surface area contributed by atoms with Gasteiger partial charge in [-0.05, 0) is 31.0 Å². The van der Waals surface area contributed by atoms with E-state index >= 15 is 0 Å². The Morgan fingerprint density at radius 2 is 2.05 bits per heavy atom. The molecule has 5 heteroatoms. The van der Waals surface area contributed by atoms with Crippen LogP contribution in [0.2, 0.25) is 0 Å². The lowest BCUT2D eigenvalue weighted by atomic mass is 10.0. The summed E-state index contributed by atoms with van der Waals surface area (Å²) in [4.78, 5) is 18.4. The molecule has 0 atom stereocenters. The molecule has 0 bridgehead atoms. The van der Waals surface area contributed by atoms with Crippen LogP contribution in [0.1, 0.15) is 24.6 Å². The van der Waals surface area contributed by atoms with Crippen molar-refractivity contribution >= 4 is 5.91 Å². The maximum absolute atomic E-state index is 12.2. The van der Waals surface area contributed by atoms with Crippen molar-refractivity contribution in [2.45, 2.75) is 25.3 Å². The zero-order chi connectivity index (χ0) is 13.8. The Labute approximate surface area is 118 Å². The van der Waals surface area contributed by atoms with Gasteiger partial charge in [0, 0.05) is 37.4 Å². The van der Waals surface area contributed by atoms with Crippen LogP contribution in [-0.4, -0.2) is 38.7 Å². The highest BCUT2D eigenvalue weighted by atomic mass is 16.2. The normalized spacial score (nSPS) is 16.3. The van der Waals surface area contributed by atoms with Crippen LogP contribution in [0, 0.1) is 0 Å². The van der Waals surface area contributed by atoms with E-state index in [1.54, 1.807) is 12.4 Å². The van der Waals surface area contributed by atoms with Gasteiger partial charge < -0.3 is 4.90 Å². The molecule has 0 unspecified atom stereocenters. The first-order chi connectivity index (χ1) is 9.83. The number of amides is 1. The molecule has 2 aromatic rings. The fraction of sp³-hybridized carbons (Fsp3) is 0.400. The molecule has 0 aromatic carbocycles. The van der Waals surface area contributed by atoms with Crippen LogP contribution in [0.25, 0.3) is 0 Å². The number of hydrogen-bond acceptors (Lipinski definition) is 3. The van der Waals surface area contributed by atoms with Crippen molar-refractivity contribution in [2.24, 2.45) is 0 Å². The third-order valence-electron chi connectivity index (χ3n) is 3.77. The van der Waals surface area contributed by atoms with Gasteiger partial charge in [-0.2, -0.15) is 5.10 Å². The van der Waals surface area contributed by atoms with Crippen molar-refractivity contribution in [1.29, 1.82) is 0 Å². The van der Waals surface area contributed by atoms with Crippen LogP contribution in [0.5, 0.6) is 0 Å². The molecule has 3 rings (SSSR count). The first-order valence-electron chi connectivity index (χ1n) is 7.00. The molecule has 2 aromatic heterocycles. The van der Waals surface area contributed by atoms with Gasteiger partial charge in [-0.15, -0.1) is 0 Å². The molecule has 104 valence electrons. The largest absolute Gasteiger partial charge is 0.342 e. The van der Waals surface area contributed by atoms with Crippen LogP contribution in [0.3, 0.4) is 0 Å². The van der Waals surface area contributed by atoms with E-state index in [2.05, 4.69) is 10.1 Å². The predicted molar refractivity (Wildman–Crippen MR) is 75.0 cm³/mol. The lowest BCUT2D eigenvalue weighted by molar-refractivity contribution is -0.131. The van der Waals surface area contributed by atoms with Gasteiger partial charge in [0.2, 0.25) is 5.91 Å². The van der Waals surface area contributed by atoms with Crippen molar-refractivity contribution in [2.75, 3.05) is 13.1 Å². The summed E-state index contributed by atoms with van der Waals surface area (Å²) < 4.78 is 2.00. The first kappa shape index (κ1) is 12.8. The minimum atomic E-state index is 0.169. The van der Waals surface area contributed by atoms with Gasteiger partial charge in [0.25, 0.3) is 0 Å². The topological polar surface area (TPSA) is 51.0 Å². The monoisotopic (exact) mass is 270 g/mol. The fourth-order valence-corrected chi connectivity index (χ4v) is 2.65. The number of piperidine rings is 1. The van der Waals surface area contributed by atoms with E-state index in [0.717, 1.165) is 31.6 Å². The number of pyridine rings is 1. The molecular formula is C15H18N4O. The van der Waals surface area contributed by atoms with Gasteiger partial charge in [0.05, 0.1) is 12.5 Å². The Bertz CT molecular complexity index is 545. The van der Waals surface area contributed by atoms with Gasteiger partial charge in [0.15, 0.2) is 0 Å². The van der Waals surface area contributed by atoms with Crippen molar-refractivity contribution in [1.82, 2.24) is 19.7 Å². The van der Waals surface area contributed by atoms with Crippen molar-refractivity contribution < 1.29 is 4.79 Å². The predicted octanol–water partition coefficient (Wildman–Crippen LogP) is 1.68. The minimum Gasteiger partial charge on any atom is -0.342 e. The Morgan fingerprint density at radius 1 is 1.20 bits per heavy atom. The molecule has 5 nitrogen and oxygen atoms in total.